The molecule has 2 amide bonds. The van der Waals surface area contributed by atoms with Crippen molar-refractivity contribution in [3.8, 4) is 11.5 Å². The molecule has 0 aliphatic carbocycles. The van der Waals surface area contributed by atoms with Crippen molar-refractivity contribution in [3.63, 3.8) is 0 Å². The number of nitrogens with one attached hydrogen (secondary N) is 2. The fraction of sp³-hybridized carbons (Fsp3) is 0.120. The minimum absolute atomic E-state index is 0.258. The molecule has 0 saturated heterocycles. The number of thioether (sulfide) groups is 1. The minimum Gasteiger partial charge on any atom is -0.493 e. The van der Waals surface area contributed by atoms with Gasteiger partial charge in [0.1, 0.15) is 5.82 Å². The first kappa shape index (κ1) is 22.4. The van der Waals surface area contributed by atoms with Crippen molar-refractivity contribution in [2.24, 2.45) is 0 Å². The van der Waals surface area contributed by atoms with Crippen molar-refractivity contribution >= 4 is 35.3 Å². The first-order valence-corrected chi connectivity index (χ1v) is 10.9. The maximum absolute atomic E-state index is 13.0. The molecule has 0 spiro atoms. The van der Waals surface area contributed by atoms with Gasteiger partial charge in [0.15, 0.2) is 11.5 Å². The van der Waals surface area contributed by atoms with Crippen LogP contribution in [0.15, 0.2) is 70.5 Å². The smallest absolute Gasteiger partial charge is 0.262 e. The predicted molar refractivity (Wildman–Crippen MR) is 126 cm³/mol. The van der Waals surface area contributed by atoms with Gasteiger partial charge >= 0.3 is 0 Å². The molecule has 1 aliphatic heterocycles. The fourth-order valence-electron chi connectivity index (χ4n) is 3.28. The largest absolute Gasteiger partial charge is 0.493 e. The zero-order chi connectivity index (χ0) is 23.4. The van der Waals surface area contributed by atoms with E-state index < -0.39 is 0 Å². The highest BCUT2D eigenvalue weighted by atomic mass is 32.2. The lowest BCUT2D eigenvalue weighted by Gasteiger charge is -2.19. The number of fused-ring (bicyclic) bond motifs is 1. The number of hydrogen-bond donors (Lipinski definition) is 2. The lowest BCUT2D eigenvalue weighted by atomic mass is 10.1. The minimum atomic E-state index is -0.326. The molecule has 4 rings (SSSR count). The molecule has 2 N–H and O–H groups in total. The molecule has 3 aromatic rings. The monoisotopic (exact) mass is 464 g/mol. The lowest BCUT2D eigenvalue weighted by Crippen LogP contribution is -2.23. The summed E-state index contributed by atoms with van der Waals surface area (Å²) < 4.78 is 23.6. The van der Waals surface area contributed by atoms with Crippen LogP contribution in [0.3, 0.4) is 0 Å². The van der Waals surface area contributed by atoms with Crippen LogP contribution in [0.25, 0.3) is 6.08 Å². The number of amides is 2. The van der Waals surface area contributed by atoms with Gasteiger partial charge in [0.05, 0.1) is 24.8 Å². The molecule has 0 aromatic heterocycles. The molecule has 33 heavy (non-hydrogen) atoms. The van der Waals surface area contributed by atoms with Crippen molar-refractivity contribution in [2.75, 3.05) is 19.5 Å². The molecule has 0 atom stereocenters. The average molecular weight is 465 g/mol. The van der Waals surface area contributed by atoms with Crippen LogP contribution in [-0.2, 0) is 11.3 Å². The molecular weight excluding hydrogens is 443 g/mol. The molecule has 3 aromatic carbocycles. The predicted octanol–water partition coefficient (Wildman–Crippen LogP) is 4.86. The third kappa shape index (κ3) is 5.18. The molecule has 0 fully saturated rings. The van der Waals surface area contributed by atoms with E-state index in [-0.39, 0.29) is 24.2 Å². The topological polar surface area (TPSA) is 76.7 Å². The van der Waals surface area contributed by atoms with Crippen LogP contribution < -0.4 is 20.1 Å². The Kier molecular flexibility index (Phi) is 6.65. The summed E-state index contributed by atoms with van der Waals surface area (Å²) in [6.45, 7) is 0.273. The Bertz CT molecular complexity index is 1240. The number of methoxy groups -OCH3 is 2. The van der Waals surface area contributed by atoms with Crippen LogP contribution in [-0.4, -0.2) is 26.0 Å². The number of benzene rings is 3. The molecule has 0 saturated carbocycles. The van der Waals surface area contributed by atoms with E-state index in [0.29, 0.717) is 27.7 Å². The van der Waals surface area contributed by atoms with Gasteiger partial charge in [-0.15, -0.1) is 0 Å². The Morgan fingerprint density at radius 3 is 2.52 bits per heavy atom. The quantitative estimate of drug-likeness (QED) is 0.510. The van der Waals surface area contributed by atoms with Crippen molar-refractivity contribution in [1.82, 2.24) is 5.32 Å². The van der Waals surface area contributed by atoms with E-state index in [1.165, 1.54) is 23.9 Å². The number of ether oxygens (including phenoxy) is 2. The van der Waals surface area contributed by atoms with E-state index in [1.54, 1.807) is 62.8 Å². The Morgan fingerprint density at radius 1 is 1.03 bits per heavy atom. The van der Waals surface area contributed by atoms with Crippen molar-refractivity contribution in [2.45, 2.75) is 11.4 Å². The first-order chi connectivity index (χ1) is 16.0. The molecule has 6 nitrogen and oxygen atoms in total. The van der Waals surface area contributed by atoms with Crippen molar-refractivity contribution < 1.29 is 23.5 Å². The van der Waals surface area contributed by atoms with Crippen molar-refractivity contribution in [3.05, 3.63) is 88.1 Å². The summed E-state index contributed by atoms with van der Waals surface area (Å²) in [4.78, 5) is 26.6. The Labute approximate surface area is 194 Å². The van der Waals surface area contributed by atoms with Crippen LogP contribution in [0.5, 0.6) is 11.5 Å². The maximum atomic E-state index is 13.0. The van der Waals surface area contributed by atoms with Crippen LogP contribution in [0.2, 0.25) is 0 Å². The number of anilines is 1. The van der Waals surface area contributed by atoms with Gasteiger partial charge in [0.2, 0.25) is 0 Å². The molecule has 0 bridgehead atoms. The highest BCUT2D eigenvalue weighted by Gasteiger charge is 2.22. The maximum Gasteiger partial charge on any atom is 0.262 e. The number of carbonyl (C=O) groups excluding carboxylic acids is 2. The van der Waals surface area contributed by atoms with Gasteiger partial charge in [0, 0.05) is 17.0 Å². The summed E-state index contributed by atoms with van der Waals surface area (Å²) in [6.07, 6.45) is 1.77. The second-order valence-corrected chi connectivity index (χ2v) is 8.28. The molecular formula is C25H21FN2O4S. The number of carbonyl (C=O) groups is 2. The van der Waals surface area contributed by atoms with Gasteiger partial charge in [-0.2, -0.15) is 0 Å². The molecule has 8 heteroatoms. The highest BCUT2D eigenvalue weighted by molar-refractivity contribution is 8.04. The Morgan fingerprint density at radius 2 is 1.79 bits per heavy atom. The summed E-state index contributed by atoms with van der Waals surface area (Å²) in [5, 5.41) is 5.65. The second kappa shape index (κ2) is 9.79. The van der Waals surface area contributed by atoms with E-state index >= 15 is 0 Å². The Balaban J connectivity index is 1.48. The van der Waals surface area contributed by atoms with Crippen molar-refractivity contribution in [1.29, 1.82) is 0 Å². The number of halogens is 1. The Hall–Kier alpha value is -3.78. The summed E-state index contributed by atoms with van der Waals surface area (Å²) in [7, 11) is 3.12. The molecule has 168 valence electrons. The number of hydrogen-bond acceptors (Lipinski definition) is 5. The zero-order valence-corrected chi connectivity index (χ0v) is 18.8. The summed E-state index contributed by atoms with van der Waals surface area (Å²) in [6, 6.07) is 16.5. The third-order valence-electron chi connectivity index (χ3n) is 5.01. The fourth-order valence-corrected chi connectivity index (χ4v) is 4.21. The normalized spacial score (nSPS) is 13.8. The first-order valence-electron chi connectivity index (χ1n) is 10.1. The van der Waals surface area contributed by atoms with Crippen LogP contribution in [0.1, 0.15) is 21.5 Å². The zero-order valence-electron chi connectivity index (χ0n) is 18.0. The van der Waals surface area contributed by atoms with Crippen LogP contribution >= 0.6 is 11.8 Å². The molecule has 1 heterocycles. The average Bonchev–Trinajstić information content (AvgIpc) is 2.83. The lowest BCUT2D eigenvalue weighted by molar-refractivity contribution is -0.112. The van der Waals surface area contributed by atoms with Gasteiger partial charge in [-0.25, -0.2) is 4.39 Å². The van der Waals surface area contributed by atoms with E-state index in [1.807, 2.05) is 6.07 Å². The summed E-state index contributed by atoms with van der Waals surface area (Å²) in [5.41, 5.74) is 2.58. The summed E-state index contributed by atoms with van der Waals surface area (Å²) >= 11 is 1.33. The third-order valence-corrected chi connectivity index (χ3v) is 6.10. The van der Waals surface area contributed by atoms with Gasteiger partial charge < -0.3 is 20.1 Å². The van der Waals surface area contributed by atoms with Gasteiger partial charge in [-0.05, 0) is 59.7 Å². The summed E-state index contributed by atoms with van der Waals surface area (Å²) in [5.74, 6) is 0.312. The van der Waals surface area contributed by atoms with Crippen LogP contribution in [0, 0.1) is 5.82 Å². The molecule has 1 aliphatic rings. The highest BCUT2D eigenvalue weighted by Crippen LogP contribution is 2.40. The number of rotatable bonds is 6. The molecule has 0 radical (unpaired) electrons. The van der Waals surface area contributed by atoms with Crippen LogP contribution in [0.4, 0.5) is 10.1 Å². The second-order valence-electron chi connectivity index (χ2n) is 7.20. The van der Waals surface area contributed by atoms with Gasteiger partial charge in [-0.1, -0.05) is 30.0 Å². The SMILES string of the molecule is COc1ccc(/C=C2/Sc3ccc(C(=O)NCc4ccc(F)cc4)cc3NC2=O)cc1OC. The van der Waals surface area contributed by atoms with E-state index in [0.717, 1.165) is 16.0 Å². The van der Waals surface area contributed by atoms with Gasteiger partial charge in [0.25, 0.3) is 11.8 Å². The standard InChI is InChI=1S/C25H21FN2O4S/c1-31-20-9-5-16(11-21(20)32-2)12-23-25(30)28-19-13-17(6-10-22(19)33-23)24(29)27-14-15-3-7-18(26)8-4-15/h3-13H,14H2,1-2H3,(H,27,29)(H,28,30)/b23-12+. The van der Waals surface area contributed by atoms with E-state index in [9.17, 15) is 14.0 Å². The molecule has 0 unspecified atom stereocenters. The van der Waals surface area contributed by atoms with Gasteiger partial charge in [-0.3, -0.25) is 9.59 Å². The van der Waals surface area contributed by atoms with E-state index in [2.05, 4.69) is 10.6 Å². The van der Waals surface area contributed by atoms with E-state index in [4.69, 9.17) is 9.47 Å².